The summed E-state index contributed by atoms with van der Waals surface area (Å²) in [7, 11) is 1.55. The zero-order valence-corrected chi connectivity index (χ0v) is 19.0. The van der Waals surface area contributed by atoms with Crippen molar-refractivity contribution >= 4 is 46.3 Å². The van der Waals surface area contributed by atoms with Gasteiger partial charge >= 0.3 is 0 Å². The van der Waals surface area contributed by atoms with E-state index in [9.17, 15) is 9.59 Å². The lowest BCUT2D eigenvalue weighted by atomic mass is 10.0. The molecule has 0 unspecified atom stereocenters. The van der Waals surface area contributed by atoms with E-state index in [4.69, 9.17) is 27.9 Å². The normalized spacial score (nSPS) is 13.7. The molecule has 0 radical (unpaired) electrons. The fraction of sp³-hybridized carbons (Fsp3) is 0.120. The maximum atomic E-state index is 13.5. The van der Waals surface area contributed by atoms with Crippen LogP contribution in [0.3, 0.4) is 0 Å². The number of nitrogens with zero attached hydrogens (tertiary/aromatic N) is 1. The Labute approximate surface area is 196 Å². The van der Waals surface area contributed by atoms with Gasteiger partial charge in [0.1, 0.15) is 11.4 Å². The van der Waals surface area contributed by atoms with Gasteiger partial charge in [0.05, 0.1) is 29.9 Å². The molecule has 4 rings (SSSR count). The molecule has 3 aromatic rings. The molecule has 7 heteroatoms. The maximum absolute atomic E-state index is 13.5. The summed E-state index contributed by atoms with van der Waals surface area (Å²) in [6, 6.07) is 19.7. The second-order valence-corrected chi connectivity index (χ2v) is 8.23. The first-order chi connectivity index (χ1) is 15.4. The van der Waals surface area contributed by atoms with Crippen molar-refractivity contribution in [2.75, 3.05) is 12.4 Å². The van der Waals surface area contributed by atoms with Gasteiger partial charge < -0.3 is 10.1 Å². The summed E-state index contributed by atoms with van der Waals surface area (Å²) >= 11 is 12.5. The van der Waals surface area contributed by atoms with Crippen molar-refractivity contribution in [1.82, 2.24) is 4.90 Å². The third kappa shape index (κ3) is 4.22. The van der Waals surface area contributed by atoms with Crippen LogP contribution in [0.15, 0.2) is 72.4 Å². The molecule has 1 heterocycles. The Morgan fingerprint density at radius 1 is 0.938 bits per heavy atom. The van der Waals surface area contributed by atoms with E-state index in [2.05, 4.69) is 5.32 Å². The van der Waals surface area contributed by atoms with Gasteiger partial charge in [-0.3, -0.25) is 14.5 Å². The number of nitrogens with one attached hydrogen (secondary N) is 1. The fourth-order valence-corrected chi connectivity index (χ4v) is 4.10. The number of aryl methyl sites for hydroxylation is 1. The number of anilines is 1. The zero-order valence-electron chi connectivity index (χ0n) is 17.5. The molecule has 0 saturated heterocycles. The van der Waals surface area contributed by atoms with Crippen LogP contribution in [0.2, 0.25) is 10.0 Å². The van der Waals surface area contributed by atoms with Crippen molar-refractivity contribution < 1.29 is 14.3 Å². The average molecular weight is 467 g/mol. The molecule has 3 aromatic carbocycles. The number of halogens is 2. The molecule has 0 bridgehead atoms. The first-order valence-electron chi connectivity index (χ1n) is 9.90. The van der Waals surface area contributed by atoms with Gasteiger partial charge in [-0.2, -0.15) is 0 Å². The summed E-state index contributed by atoms with van der Waals surface area (Å²) in [6.07, 6.45) is 0. The Hall–Kier alpha value is -3.28. The zero-order chi connectivity index (χ0) is 22.8. The van der Waals surface area contributed by atoms with E-state index in [0.29, 0.717) is 22.0 Å². The minimum Gasteiger partial charge on any atom is -0.495 e. The summed E-state index contributed by atoms with van der Waals surface area (Å²) in [6.45, 7) is 2.07. The Morgan fingerprint density at radius 3 is 2.38 bits per heavy atom. The number of ether oxygens (including phenoxy) is 1. The average Bonchev–Trinajstić information content (AvgIpc) is 2.99. The lowest BCUT2D eigenvalue weighted by Gasteiger charge is -2.16. The number of imide groups is 1. The van der Waals surface area contributed by atoms with Crippen LogP contribution in [0.4, 0.5) is 5.69 Å². The number of benzene rings is 3. The smallest absolute Gasteiger partial charge is 0.278 e. The highest BCUT2D eigenvalue weighted by Gasteiger charge is 2.40. The Kier molecular flexibility index (Phi) is 6.21. The molecule has 1 aliphatic rings. The monoisotopic (exact) mass is 466 g/mol. The van der Waals surface area contributed by atoms with Crippen LogP contribution in [-0.4, -0.2) is 23.8 Å². The predicted octanol–water partition coefficient (Wildman–Crippen LogP) is 5.70. The molecule has 1 aliphatic heterocycles. The number of carbonyl (C=O) groups excluding carboxylic acids is 2. The Balaban J connectivity index is 1.82. The van der Waals surface area contributed by atoms with Crippen LogP contribution in [0.1, 0.15) is 16.7 Å². The van der Waals surface area contributed by atoms with E-state index in [1.165, 1.54) is 4.90 Å². The highest BCUT2D eigenvalue weighted by molar-refractivity contribution is 6.41. The second kappa shape index (κ2) is 9.07. The lowest BCUT2D eigenvalue weighted by molar-refractivity contribution is -0.137. The summed E-state index contributed by atoms with van der Waals surface area (Å²) in [5.74, 6) is -0.327. The predicted molar refractivity (Wildman–Crippen MR) is 127 cm³/mol. The summed E-state index contributed by atoms with van der Waals surface area (Å²) in [4.78, 5) is 28.1. The van der Waals surface area contributed by atoms with Crippen molar-refractivity contribution in [3.8, 4) is 5.75 Å². The molecule has 0 saturated carbocycles. The molecule has 32 heavy (non-hydrogen) atoms. The quantitative estimate of drug-likeness (QED) is 0.473. The van der Waals surface area contributed by atoms with Gasteiger partial charge in [-0.25, -0.2) is 0 Å². The topological polar surface area (TPSA) is 58.6 Å². The number of rotatable bonds is 6. The van der Waals surface area contributed by atoms with Gasteiger partial charge in [-0.1, -0.05) is 65.7 Å². The van der Waals surface area contributed by atoms with Gasteiger partial charge in [0.2, 0.25) is 0 Å². The van der Waals surface area contributed by atoms with Gasteiger partial charge in [0, 0.05) is 10.6 Å². The Morgan fingerprint density at radius 2 is 1.69 bits per heavy atom. The SMILES string of the molecule is COc1ccc(C)cc1NC1=C(c2ccc(Cl)cc2Cl)C(=O)N(Cc2ccccc2)C1=O. The Bertz CT molecular complexity index is 1240. The van der Waals surface area contributed by atoms with Crippen LogP contribution in [0.5, 0.6) is 5.75 Å². The highest BCUT2D eigenvalue weighted by Crippen LogP contribution is 2.37. The third-order valence-corrected chi connectivity index (χ3v) is 5.71. The van der Waals surface area contributed by atoms with Crippen molar-refractivity contribution in [2.24, 2.45) is 0 Å². The summed E-state index contributed by atoms with van der Waals surface area (Å²) in [5.41, 5.74) is 3.14. The van der Waals surface area contributed by atoms with Crippen molar-refractivity contribution in [1.29, 1.82) is 0 Å². The van der Waals surface area contributed by atoms with Gasteiger partial charge in [-0.05, 0) is 42.3 Å². The van der Waals surface area contributed by atoms with Crippen LogP contribution >= 0.6 is 23.2 Å². The second-order valence-electron chi connectivity index (χ2n) is 7.38. The highest BCUT2D eigenvalue weighted by atomic mass is 35.5. The molecule has 5 nitrogen and oxygen atoms in total. The van der Waals surface area contributed by atoms with E-state index < -0.39 is 11.8 Å². The largest absolute Gasteiger partial charge is 0.495 e. The number of hydrogen-bond donors (Lipinski definition) is 1. The molecule has 1 N–H and O–H groups in total. The minimum absolute atomic E-state index is 0.138. The fourth-order valence-electron chi connectivity index (χ4n) is 3.60. The molecular weight excluding hydrogens is 447 g/mol. The lowest BCUT2D eigenvalue weighted by Crippen LogP contribution is -2.32. The molecule has 0 fully saturated rings. The van der Waals surface area contributed by atoms with Crippen LogP contribution < -0.4 is 10.1 Å². The summed E-state index contributed by atoms with van der Waals surface area (Å²) in [5, 5.41) is 3.86. The first kappa shape index (κ1) is 21.9. The van der Waals surface area contributed by atoms with E-state index >= 15 is 0 Å². The van der Waals surface area contributed by atoms with E-state index in [1.807, 2.05) is 49.4 Å². The first-order valence-corrected chi connectivity index (χ1v) is 10.7. The minimum atomic E-state index is -0.441. The van der Waals surface area contributed by atoms with Crippen molar-refractivity contribution in [3.63, 3.8) is 0 Å². The molecule has 0 aromatic heterocycles. The van der Waals surface area contributed by atoms with Crippen LogP contribution in [0.25, 0.3) is 5.57 Å². The van der Waals surface area contributed by atoms with E-state index in [0.717, 1.165) is 11.1 Å². The molecule has 2 amide bonds. The van der Waals surface area contributed by atoms with Gasteiger partial charge in [0.25, 0.3) is 11.8 Å². The molecule has 0 atom stereocenters. The van der Waals surface area contributed by atoms with Crippen LogP contribution in [0, 0.1) is 6.92 Å². The number of carbonyl (C=O) groups is 2. The molecule has 0 aliphatic carbocycles. The molecule has 162 valence electrons. The number of hydrogen-bond acceptors (Lipinski definition) is 4. The standard InChI is InChI=1S/C25H20Cl2N2O3/c1-15-8-11-21(32-2)20(12-15)28-23-22(18-10-9-17(26)13-19(18)27)24(30)29(25(23)31)14-16-6-4-3-5-7-16/h3-13,28H,14H2,1-2H3. The van der Waals surface area contributed by atoms with E-state index in [-0.39, 0.29) is 22.8 Å². The molecule has 0 spiro atoms. The van der Waals surface area contributed by atoms with Crippen LogP contribution in [-0.2, 0) is 16.1 Å². The number of methoxy groups -OCH3 is 1. The third-order valence-electron chi connectivity index (χ3n) is 5.17. The van der Waals surface area contributed by atoms with Gasteiger partial charge in [-0.15, -0.1) is 0 Å². The molecular formula is C25H20Cl2N2O3. The van der Waals surface area contributed by atoms with Gasteiger partial charge in [0.15, 0.2) is 0 Å². The summed E-state index contributed by atoms with van der Waals surface area (Å²) < 4.78 is 5.44. The van der Waals surface area contributed by atoms with Crippen molar-refractivity contribution in [3.05, 3.63) is 99.2 Å². The van der Waals surface area contributed by atoms with E-state index in [1.54, 1.807) is 31.4 Å². The number of amides is 2. The maximum Gasteiger partial charge on any atom is 0.278 e. The van der Waals surface area contributed by atoms with Crippen molar-refractivity contribution in [2.45, 2.75) is 13.5 Å².